The average molecular weight is 338 g/mol. The molecule has 4 nitrogen and oxygen atoms in total. The van der Waals surface area contributed by atoms with Gasteiger partial charge in [-0.15, -0.1) is 0 Å². The third-order valence-corrected chi connectivity index (χ3v) is 3.72. The summed E-state index contributed by atoms with van der Waals surface area (Å²) >= 11 is 3.59. The number of nitrogens with zero attached hydrogens (tertiary/aromatic N) is 2. The number of benzene rings is 1. The van der Waals surface area contributed by atoms with Crippen molar-refractivity contribution >= 4 is 21.9 Å². The number of halogens is 1. The van der Waals surface area contributed by atoms with Gasteiger partial charge in [-0.05, 0) is 41.4 Å². The SMILES string of the molecule is CCCCNc1nc(C)cn1-c1cc(OC)ccc1Br. The van der Waals surface area contributed by atoms with Gasteiger partial charge in [-0.1, -0.05) is 13.3 Å². The molecule has 0 aliphatic rings. The van der Waals surface area contributed by atoms with E-state index in [4.69, 9.17) is 4.74 Å². The third-order valence-electron chi connectivity index (χ3n) is 3.05. The molecule has 0 saturated heterocycles. The highest BCUT2D eigenvalue weighted by atomic mass is 79.9. The van der Waals surface area contributed by atoms with E-state index in [9.17, 15) is 0 Å². The Bertz CT molecular complexity index is 580. The van der Waals surface area contributed by atoms with Gasteiger partial charge in [-0.25, -0.2) is 4.98 Å². The Labute approximate surface area is 128 Å². The van der Waals surface area contributed by atoms with Crippen LogP contribution in [0.15, 0.2) is 28.9 Å². The van der Waals surface area contributed by atoms with E-state index in [1.807, 2.05) is 31.3 Å². The summed E-state index contributed by atoms with van der Waals surface area (Å²) < 4.78 is 8.36. The lowest BCUT2D eigenvalue weighted by atomic mass is 10.3. The van der Waals surface area contributed by atoms with Crippen molar-refractivity contribution in [1.29, 1.82) is 0 Å². The van der Waals surface area contributed by atoms with Gasteiger partial charge >= 0.3 is 0 Å². The van der Waals surface area contributed by atoms with Gasteiger partial charge in [-0.2, -0.15) is 0 Å². The summed E-state index contributed by atoms with van der Waals surface area (Å²) in [6, 6.07) is 5.91. The predicted molar refractivity (Wildman–Crippen MR) is 86.0 cm³/mol. The Morgan fingerprint density at radius 3 is 2.90 bits per heavy atom. The van der Waals surface area contributed by atoms with Gasteiger partial charge in [0.1, 0.15) is 5.75 Å². The molecule has 108 valence electrons. The molecular formula is C15H20BrN3O. The van der Waals surface area contributed by atoms with Crippen molar-refractivity contribution in [3.05, 3.63) is 34.6 Å². The summed E-state index contributed by atoms with van der Waals surface area (Å²) in [5, 5.41) is 3.39. The Hall–Kier alpha value is -1.49. The Kier molecular flexibility index (Phi) is 5.06. The maximum atomic E-state index is 5.30. The highest BCUT2D eigenvalue weighted by Crippen LogP contribution is 2.28. The van der Waals surface area contributed by atoms with Crippen LogP contribution in [0.4, 0.5) is 5.95 Å². The average Bonchev–Trinajstić information content (AvgIpc) is 2.81. The molecule has 0 atom stereocenters. The molecule has 20 heavy (non-hydrogen) atoms. The number of rotatable bonds is 6. The van der Waals surface area contributed by atoms with Gasteiger partial charge in [0.05, 0.1) is 18.5 Å². The van der Waals surface area contributed by atoms with E-state index in [1.54, 1.807) is 7.11 Å². The van der Waals surface area contributed by atoms with Crippen molar-refractivity contribution in [2.24, 2.45) is 0 Å². The minimum absolute atomic E-state index is 0.828. The molecule has 0 saturated carbocycles. The molecule has 0 bridgehead atoms. The molecule has 0 radical (unpaired) electrons. The molecule has 0 fully saturated rings. The topological polar surface area (TPSA) is 39.1 Å². The highest BCUT2D eigenvalue weighted by Gasteiger charge is 2.11. The molecule has 0 spiro atoms. The minimum atomic E-state index is 0.828. The molecule has 0 aliphatic heterocycles. The monoisotopic (exact) mass is 337 g/mol. The van der Waals surface area contributed by atoms with E-state index in [0.29, 0.717) is 0 Å². The smallest absolute Gasteiger partial charge is 0.207 e. The van der Waals surface area contributed by atoms with Crippen molar-refractivity contribution in [3.8, 4) is 11.4 Å². The molecule has 1 aromatic carbocycles. The summed E-state index contributed by atoms with van der Waals surface area (Å²) in [6.07, 6.45) is 4.31. The molecule has 2 aromatic rings. The second kappa shape index (κ2) is 6.79. The van der Waals surface area contributed by atoms with Gasteiger partial charge in [0.15, 0.2) is 0 Å². The second-order valence-corrected chi connectivity index (χ2v) is 5.53. The number of unbranched alkanes of at least 4 members (excludes halogenated alkanes) is 1. The molecule has 1 N–H and O–H groups in total. The molecule has 5 heteroatoms. The number of nitrogens with one attached hydrogen (secondary N) is 1. The van der Waals surface area contributed by atoms with E-state index in [2.05, 4.69) is 37.7 Å². The van der Waals surface area contributed by atoms with E-state index in [1.165, 1.54) is 0 Å². The van der Waals surface area contributed by atoms with E-state index < -0.39 is 0 Å². The molecule has 1 heterocycles. The van der Waals surface area contributed by atoms with Crippen LogP contribution in [0.2, 0.25) is 0 Å². The number of hydrogen-bond acceptors (Lipinski definition) is 3. The first-order valence-electron chi connectivity index (χ1n) is 6.79. The highest BCUT2D eigenvalue weighted by molar-refractivity contribution is 9.10. The first kappa shape index (κ1) is 14.9. The molecule has 0 unspecified atom stereocenters. The number of imidazole rings is 1. The second-order valence-electron chi connectivity index (χ2n) is 4.67. The Morgan fingerprint density at radius 2 is 2.20 bits per heavy atom. The van der Waals surface area contributed by atoms with Gasteiger partial charge in [0.2, 0.25) is 5.95 Å². The lowest BCUT2D eigenvalue weighted by molar-refractivity contribution is 0.414. The molecule has 0 amide bonds. The largest absolute Gasteiger partial charge is 0.497 e. The maximum Gasteiger partial charge on any atom is 0.207 e. The van der Waals surface area contributed by atoms with Crippen molar-refractivity contribution in [2.75, 3.05) is 19.0 Å². The van der Waals surface area contributed by atoms with Crippen LogP contribution in [0.1, 0.15) is 25.5 Å². The summed E-state index contributed by atoms with van der Waals surface area (Å²) in [4.78, 5) is 4.55. The standard InChI is InChI=1S/C15H20BrN3O/c1-4-5-8-17-15-18-11(2)10-19(15)14-9-12(20-3)6-7-13(14)16/h6-7,9-10H,4-5,8H2,1-3H3,(H,17,18). The van der Waals surface area contributed by atoms with Crippen LogP contribution >= 0.6 is 15.9 Å². The molecule has 2 rings (SSSR count). The zero-order valence-corrected chi connectivity index (χ0v) is 13.7. The van der Waals surface area contributed by atoms with Crippen LogP contribution in [0, 0.1) is 6.92 Å². The molecule has 0 aliphatic carbocycles. The third kappa shape index (κ3) is 3.33. The van der Waals surface area contributed by atoms with Gasteiger partial charge < -0.3 is 10.1 Å². The van der Waals surface area contributed by atoms with E-state index >= 15 is 0 Å². The van der Waals surface area contributed by atoms with Crippen LogP contribution in [0.5, 0.6) is 5.75 Å². The van der Waals surface area contributed by atoms with Gasteiger partial charge in [0.25, 0.3) is 0 Å². The number of anilines is 1. The van der Waals surface area contributed by atoms with Gasteiger partial charge in [0, 0.05) is 23.3 Å². The Balaban J connectivity index is 2.36. The number of methoxy groups -OCH3 is 1. The van der Waals surface area contributed by atoms with Crippen molar-refractivity contribution < 1.29 is 4.74 Å². The molecular weight excluding hydrogens is 318 g/mol. The van der Waals surface area contributed by atoms with Gasteiger partial charge in [-0.3, -0.25) is 4.57 Å². The number of aryl methyl sites for hydroxylation is 1. The summed E-state index contributed by atoms with van der Waals surface area (Å²) in [5.41, 5.74) is 2.00. The fraction of sp³-hybridized carbons (Fsp3) is 0.400. The maximum absolute atomic E-state index is 5.30. The minimum Gasteiger partial charge on any atom is -0.497 e. The quantitative estimate of drug-likeness (QED) is 0.804. The van der Waals surface area contributed by atoms with Crippen molar-refractivity contribution in [3.63, 3.8) is 0 Å². The first-order valence-corrected chi connectivity index (χ1v) is 7.58. The zero-order chi connectivity index (χ0) is 14.5. The van der Waals surface area contributed by atoms with E-state index in [-0.39, 0.29) is 0 Å². The fourth-order valence-electron chi connectivity index (χ4n) is 1.99. The Morgan fingerprint density at radius 1 is 1.40 bits per heavy atom. The van der Waals surface area contributed by atoms with Crippen LogP contribution in [-0.2, 0) is 0 Å². The summed E-state index contributed by atoms with van der Waals surface area (Å²) in [6.45, 7) is 5.10. The van der Waals surface area contributed by atoms with Crippen LogP contribution < -0.4 is 10.1 Å². The lowest BCUT2D eigenvalue weighted by Crippen LogP contribution is -2.07. The van der Waals surface area contributed by atoms with Crippen LogP contribution in [0.3, 0.4) is 0 Å². The number of hydrogen-bond donors (Lipinski definition) is 1. The zero-order valence-electron chi connectivity index (χ0n) is 12.1. The summed E-state index contributed by atoms with van der Waals surface area (Å²) in [7, 11) is 1.67. The van der Waals surface area contributed by atoms with Crippen LogP contribution in [0.25, 0.3) is 5.69 Å². The number of aromatic nitrogens is 2. The lowest BCUT2D eigenvalue weighted by Gasteiger charge is -2.12. The summed E-state index contributed by atoms with van der Waals surface area (Å²) in [5.74, 6) is 1.69. The fourth-order valence-corrected chi connectivity index (χ4v) is 2.42. The van der Waals surface area contributed by atoms with E-state index in [0.717, 1.165) is 46.9 Å². The van der Waals surface area contributed by atoms with Crippen molar-refractivity contribution in [1.82, 2.24) is 9.55 Å². The van der Waals surface area contributed by atoms with Crippen molar-refractivity contribution in [2.45, 2.75) is 26.7 Å². The number of ether oxygens (including phenoxy) is 1. The first-order chi connectivity index (χ1) is 9.65. The molecule has 1 aromatic heterocycles. The van der Waals surface area contributed by atoms with Crippen LogP contribution in [-0.4, -0.2) is 23.2 Å². The normalized spacial score (nSPS) is 10.6. The predicted octanol–water partition coefficient (Wildman–Crippen LogP) is 4.16.